The third-order valence-electron chi connectivity index (χ3n) is 11.9. The molecule has 2 aliphatic rings. The van der Waals surface area contributed by atoms with E-state index in [4.69, 9.17) is 9.47 Å². The zero-order valence-corrected chi connectivity index (χ0v) is 37.8. The van der Waals surface area contributed by atoms with Crippen LogP contribution in [-0.2, 0) is 19.1 Å². The van der Waals surface area contributed by atoms with Crippen molar-refractivity contribution in [3.05, 3.63) is 101 Å². The number of likely N-dealkylation sites (tertiary alicyclic amines) is 2. The Morgan fingerprint density at radius 3 is 2.48 bits per heavy atom. The second-order valence-electron chi connectivity index (χ2n) is 17.4. The smallest absolute Gasteiger partial charge is 0.274 e. The van der Waals surface area contributed by atoms with Crippen LogP contribution in [0, 0.1) is 12.3 Å². The molecule has 2 saturated heterocycles. The summed E-state index contributed by atoms with van der Waals surface area (Å²) in [6.45, 7) is 10.5. The molecule has 3 aromatic heterocycles. The molecular weight excluding hydrogens is 819 g/mol. The van der Waals surface area contributed by atoms with Crippen LogP contribution in [0.4, 0.5) is 5.69 Å². The maximum absolute atomic E-state index is 14.2. The maximum Gasteiger partial charge on any atom is 0.274 e. The van der Waals surface area contributed by atoms with E-state index in [1.54, 1.807) is 53.8 Å². The van der Waals surface area contributed by atoms with Crippen molar-refractivity contribution in [3.63, 3.8) is 0 Å². The summed E-state index contributed by atoms with van der Waals surface area (Å²) < 4.78 is 11.9. The molecular formula is C47H57N9O6S. The Bertz CT molecular complexity index is 2400. The number of rotatable bonds is 14. The highest BCUT2D eigenvalue weighted by Crippen LogP contribution is 2.36. The first-order chi connectivity index (χ1) is 30.2. The fourth-order valence-corrected chi connectivity index (χ4v) is 9.20. The summed E-state index contributed by atoms with van der Waals surface area (Å²) in [5.74, 6) is -0.710. The molecule has 16 heteroatoms. The number of carbonyl (C=O) groups excluding carboxylic acids is 4. The van der Waals surface area contributed by atoms with Crippen LogP contribution < -0.4 is 20.7 Å². The quantitative estimate of drug-likeness (QED) is 0.0935. The monoisotopic (exact) mass is 875 g/mol. The molecule has 15 nitrogen and oxygen atoms in total. The van der Waals surface area contributed by atoms with Gasteiger partial charge in [0.05, 0.1) is 52.4 Å². The minimum atomic E-state index is -0.855. The fraction of sp³-hybridized carbons (Fsp3) is 0.426. The number of aryl methyl sites for hydroxylation is 1. The molecule has 4 N–H and O–H groups in total. The number of hydrogen-bond acceptors (Lipinski definition) is 11. The second-order valence-corrected chi connectivity index (χ2v) is 18.3. The average Bonchev–Trinajstić information content (AvgIpc) is 4.08. The lowest BCUT2D eigenvalue weighted by Crippen LogP contribution is -2.58. The molecule has 0 radical (unpaired) electrons. The molecule has 332 valence electrons. The highest BCUT2D eigenvalue weighted by atomic mass is 32.1. The minimum absolute atomic E-state index is 0.0561. The summed E-state index contributed by atoms with van der Waals surface area (Å²) in [6.07, 6.45) is 4.14. The lowest BCUT2D eigenvalue weighted by molar-refractivity contribution is -0.145. The molecule has 5 aromatic rings. The highest BCUT2D eigenvalue weighted by molar-refractivity contribution is 7.13. The summed E-state index contributed by atoms with van der Waals surface area (Å²) in [5, 5.41) is 15.8. The standard InChI is InChI=1S/C47H57N9O6S/c1-28(30-13-15-31(16-14-30)42-29(2)48-27-63-42)50-45(59)39-12-9-23-56(39)46(60)43(47(3,4)5)53-41(57)26-62-33-18-20-38(55(6)25-33)32-17-19-36(40(24-32)61-7)52-44(58)37-11-8-10-34(51-37)35-21-22-49-54-35/h8,10-11,13-17,19,21-22,24,27-28,33,38-39,43H,9,12,18,20,23,25-26H2,1-7H3,(H,49,54)(H,50,59)(H,52,58)(H,53,57)/t28-,33+,38+,39-,43+/m0/s1. The topological polar surface area (TPSA) is 184 Å². The maximum atomic E-state index is 14.2. The summed E-state index contributed by atoms with van der Waals surface area (Å²) in [5.41, 5.74) is 7.36. The van der Waals surface area contributed by atoms with Gasteiger partial charge in [-0.25, -0.2) is 9.97 Å². The van der Waals surface area contributed by atoms with Crippen molar-refractivity contribution in [1.82, 2.24) is 40.6 Å². The average molecular weight is 876 g/mol. The van der Waals surface area contributed by atoms with Crippen molar-refractivity contribution in [2.75, 3.05) is 39.2 Å². The van der Waals surface area contributed by atoms with Crippen molar-refractivity contribution < 1.29 is 28.7 Å². The lowest BCUT2D eigenvalue weighted by atomic mass is 9.85. The van der Waals surface area contributed by atoms with Gasteiger partial charge < -0.3 is 30.3 Å². The molecule has 2 fully saturated rings. The van der Waals surface area contributed by atoms with Crippen molar-refractivity contribution in [2.24, 2.45) is 5.41 Å². The van der Waals surface area contributed by atoms with E-state index in [1.165, 1.54) is 0 Å². The summed E-state index contributed by atoms with van der Waals surface area (Å²) in [7, 11) is 3.58. The SMILES string of the molecule is COc1cc([C@H]2CC[C@@H](OCC(=O)N[C@H](C(=O)N3CCC[C@H]3C(=O)N[C@@H](C)c3ccc(-c4scnc4C)cc3)C(C)(C)C)CN2C)ccc1NC(=O)c1cccc(-c2ccn[nH]2)n1. The Balaban J connectivity index is 0.902. The van der Waals surface area contributed by atoms with Crippen LogP contribution in [0.25, 0.3) is 21.8 Å². The van der Waals surface area contributed by atoms with Gasteiger partial charge in [0.25, 0.3) is 5.91 Å². The van der Waals surface area contributed by atoms with E-state index in [0.29, 0.717) is 55.2 Å². The van der Waals surface area contributed by atoms with E-state index >= 15 is 0 Å². The van der Waals surface area contributed by atoms with Crippen molar-refractivity contribution >= 4 is 40.7 Å². The zero-order chi connectivity index (χ0) is 44.8. The number of nitrogens with zero attached hydrogens (tertiary/aromatic N) is 5. The molecule has 63 heavy (non-hydrogen) atoms. The number of methoxy groups -OCH3 is 1. The fourth-order valence-electron chi connectivity index (χ4n) is 8.38. The minimum Gasteiger partial charge on any atom is -0.495 e. The highest BCUT2D eigenvalue weighted by Gasteiger charge is 2.42. The summed E-state index contributed by atoms with van der Waals surface area (Å²) >= 11 is 1.60. The normalized spacial score (nSPS) is 19.0. The van der Waals surface area contributed by atoms with Gasteiger partial charge in [-0.3, -0.25) is 29.2 Å². The van der Waals surface area contributed by atoms with Crippen LogP contribution >= 0.6 is 11.3 Å². The second kappa shape index (κ2) is 19.6. The van der Waals surface area contributed by atoms with Gasteiger partial charge in [-0.1, -0.05) is 57.2 Å². The molecule has 5 atom stereocenters. The van der Waals surface area contributed by atoms with Crippen LogP contribution in [0.1, 0.15) is 92.8 Å². The van der Waals surface area contributed by atoms with Gasteiger partial charge in [0.2, 0.25) is 17.7 Å². The molecule has 0 spiro atoms. The predicted molar refractivity (Wildman–Crippen MR) is 242 cm³/mol. The van der Waals surface area contributed by atoms with Gasteiger partial charge in [-0.2, -0.15) is 5.10 Å². The van der Waals surface area contributed by atoms with E-state index in [-0.39, 0.29) is 54.1 Å². The molecule has 2 aromatic carbocycles. The number of likely N-dealkylation sites (N-methyl/N-ethyl adjacent to an activating group) is 1. The van der Waals surface area contributed by atoms with Crippen LogP contribution in [0.2, 0.25) is 0 Å². The van der Waals surface area contributed by atoms with E-state index < -0.39 is 17.5 Å². The number of carbonyl (C=O) groups is 4. The third-order valence-corrected chi connectivity index (χ3v) is 12.9. The van der Waals surface area contributed by atoms with E-state index in [2.05, 4.69) is 41.0 Å². The number of aromatic amines is 1. The Labute approximate surface area is 372 Å². The Hall–Kier alpha value is -5.97. The summed E-state index contributed by atoms with van der Waals surface area (Å²) in [6, 6.07) is 19.2. The molecule has 0 aliphatic carbocycles. The van der Waals surface area contributed by atoms with E-state index in [9.17, 15) is 19.2 Å². The van der Waals surface area contributed by atoms with Crippen LogP contribution in [0.3, 0.4) is 0 Å². The molecule has 2 aliphatic heterocycles. The van der Waals surface area contributed by atoms with Crippen LogP contribution in [0.5, 0.6) is 5.75 Å². The number of piperidine rings is 1. The van der Waals surface area contributed by atoms with Crippen molar-refractivity contribution in [2.45, 2.75) is 90.6 Å². The number of aromatic nitrogens is 4. The summed E-state index contributed by atoms with van der Waals surface area (Å²) in [4.78, 5) is 68.3. The number of benzene rings is 2. The van der Waals surface area contributed by atoms with E-state index in [1.807, 2.05) is 89.6 Å². The first-order valence-electron chi connectivity index (χ1n) is 21.4. The van der Waals surface area contributed by atoms with Crippen molar-refractivity contribution in [1.29, 1.82) is 0 Å². The number of pyridine rings is 1. The molecule has 4 amide bonds. The van der Waals surface area contributed by atoms with Gasteiger partial charge in [-0.05, 0) is 99.0 Å². The molecule has 0 bridgehead atoms. The number of H-pyrrole nitrogens is 1. The number of anilines is 1. The molecule has 5 heterocycles. The lowest BCUT2D eigenvalue weighted by Gasteiger charge is -2.38. The zero-order valence-electron chi connectivity index (χ0n) is 36.9. The van der Waals surface area contributed by atoms with Gasteiger partial charge >= 0.3 is 0 Å². The van der Waals surface area contributed by atoms with Gasteiger partial charge in [-0.15, -0.1) is 11.3 Å². The number of thiazole rings is 1. The molecule has 0 unspecified atom stereocenters. The Morgan fingerprint density at radius 2 is 1.79 bits per heavy atom. The number of nitrogens with one attached hydrogen (secondary N) is 4. The molecule has 7 rings (SSSR count). The first-order valence-corrected chi connectivity index (χ1v) is 22.3. The largest absolute Gasteiger partial charge is 0.495 e. The Kier molecular flexibility index (Phi) is 14.0. The van der Waals surface area contributed by atoms with Gasteiger partial charge in [0.15, 0.2) is 0 Å². The predicted octanol–water partition coefficient (Wildman–Crippen LogP) is 6.72. The molecule has 0 saturated carbocycles. The number of amides is 4. The van der Waals surface area contributed by atoms with Gasteiger partial charge in [0, 0.05) is 25.3 Å². The van der Waals surface area contributed by atoms with Crippen LogP contribution in [0.15, 0.2) is 78.4 Å². The Morgan fingerprint density at radius 1 is 1.00 bits per heavy atom. The third kappa shape index (κ3) is 10.6. The van der Waals surface area contributed by atoms with Gasteiger partial charge in [0.1, 0.15) is 30.1 Å². The van der Waals surface area contributed by atoms with E-state index in [0.717, 1.165) is 33.7 Å². The van der Waals surface area contributed by atoms with Crippen molar-refractivity contribution in [3.8, 4) is 27.6 Å². The number of ether oxygens (including phenoxy) is 2. The first kappa shape index (κ1) is 45.1. The number of hydrogen-bond donors (Lipinski definition) is 4. The van der Waals surface area contributed by atoms with Crippen LogP contribution in [-0.4, -0.2) is 106 Å².